The molecule has 9 nitrogen and oxygen atoms in total. The predicted molar refractivity (Wildman–Crippen MR) is 183 cm³/mol. The zero-order valence-corrected chi connectivity index (χ0v) is 31.5. The molecule has 0 bridgehead atoms. The monoisotopic (exact) mass is 680 g/mol. The fourth-order valence-corrected chi connectivity index (χ4v) is 13.6. The summed E-state index contributed by atoms with van der Waals surface area (Å²) in [6.45, 7) is 20.7. The molecule has 4 N–H and O–H groups in total. The van der Waals surface area contributed by atoms with Crippen molar-refractivity contribution >= 4 is 5.97 Å². The molecule has 15 atom stereocenters. The molecule has 1 heterocycles. The lowest BCUT2D eigenvalue weighted by Gasteiger charge is -2.60. The SMILES string of the molecule is CC.CC(=O)O[C@@H]([C@H]1C[C@@H](C)C2[C@H](O1)[C@H](O)C1[C@@H]3CCC4C(C)(C)[C@@H](OC(CCO)OCCO)CCC45[C@@H](C)[C@@]35CC[C@]21C)C(C)(C)O. The van der Waals surface area contributed by atoms with Crippen molar-refractivity contribution in [2.24, 2.45) is 57.2 Å². The number of esters is 1. The van der Waals surface area contributed by atoms with E-state index in [9.17, 15) is 25.2 Å². The molecule has 48 heavy (non-hydrogen) atoms. The molecule has 5 saturated carbocycles. The van der Waals surface area contributed by atoms with E-state index in [1.165, 1.54) is 13.3 Å². The fourth-order valence-electron chi connectivity index (χ4n) is 13.6. The van der Waals surface area contributed by atoms with Crippen LogP contribution >= 0.6 is 0 Å². The Labute approximate surface area is 289 Å². The molecule has 2 spiro atoms. The quantitative estimate of drug-likeness (QED) is 0.175. The van der Waals surface area contributed by atoms with Crippen molar-refractivity contribution in [2.75, 3.05) is 19.8 Å². The summed E-state index contributed by atoms with van der Waals surface area (Å²) < 4.78 is 24.8. The number of fused-ring (bicyclic) bond motifs is 4. The average Bonchev–Trinajstić information content (AvgIpc) is 3.45. The Kier molecular flexibility index (Phi) is 10.9. The van der Waals surface area contributed by atoms with Crippen LogP contribution in [0.4, 0.5) is 0 Å². The second-order valence-electron chi connectivity index (χ2n) is 17.6. The molecule has 6 fully saturated rings. The molecule has 5 aliphatic carbocycles. The average molecular weight is 681 g/mol. The van der Waals surface area contributed by atoms with Crippen molar-refractivity contribution in [1.29, 1.82) is 0 Å². The van der Waals surface area contributed by atoms with E-state index >= 15 is 0 Å². The Hall–Kier alpha value is -0.810. The van der Waals surface area contributed by atoms with Gasteiger partial charge in [0.2, 0.25) is 0 Å². The predicted octanol–water partition coefficient (Wildman–Crippen LogP) is 5.49. The molecule has 0 amide bonds. The van der Waals surface area contributed by atoms with Gasteiger partial charge in [0.15, 0.2) is 12.4 Å². The van der Waals surface area contributed by atoms with Gasteiger partial charge in [-0.2, -0.15) is 0 Å². The van der Waals surface area contributed by atoms with Crippen molar-refractivity contribution in [3.8, 4) is 0 Å². The first kappa shape index (κ1) is 38.4. The van der Waals surface area contributed by atoms with Gasteiger partial charge in [-0.15, -0.1) is 0 Å². The van der Waals surface area contributed by atoms with E-state index in [1.807, 2.05) is 13.8 Å². The summed E-state index contributed by atoms with van der Waals surface area (Å²) in [4.78, 5) is 12.0. The van der Waals surface area contributed by atoms with Gasteiger partial charge in [-0.05, 0) is 116 Å². The molecule has 0 aromatic heterocycles. The highest BCUT2D eigenvalue weighted by Gasteiger charge is 2.85. The molecule has 1 aliphatic heterocycles. The van der Waals surface area contributed by atoms with Gasteiger partial charge in [0.25, 0.3) is 0 Å². The first-order chi connectivity index (χ1) is 22.5. The van der Waals surface area contributed by atoms with Crippen LogP contribution in [-0.2, 0) is 23.7 Å². The summed E-state index contributed by atoms with van der Waals surface area (Å²) in [5.74, 6) is 1.68. The lowest BCUT2D eigenvalue weighted by Crippen LogP contribution is -2.56. The van der Waals surface area contributed by atoms with Crippen LogP contribution < -0.4 is 0 Å². The molecular weight excluding hydrogens is 612 g/mol. The Bertz CT molecular complexity index is 1140. The van der Waals surface area contributed by atoms with Crippen LogP contribution in [0.25, 0.3) is 0 Å². The highest BCUT2D eigenvalue weighted by atomic mass is 16.7. The summed E-state index contributed by atoms with van der Waals surface area (Å²) in [6.07, 6.45) is 4.86. The van der Waals surface area contributed by atoms with Gasteiger partial charge < -0.3 is 39.4 Å². The third kappa shape index (κ3) is 5.63. The minimum Gasteiger partial charge on any atom is -0.457 e. The maximum atomic E-state index is 12.3. The maximum Gasteiger partial charge on any atom is 0.303 e. The summed E-state index contributed by atoms with van der Waals surface area (Å²) in [5.41, 5.74) is -0.953. The van der Waals surface area contributed by atoms with Crippen LogP contribution in [0, 0.1) is 57.2 Å². The molecule has 5 unspecified atom stereocenters. The van der Waals surface area contributed by atoms with Gasteiger partial charge in [0.05, 0.1) is 43.2 Å². The first-order valence-electron chi connectivity index (χ1n) is 19.2. The van der Waals surface area contributed by atoms with E-state index in [1.54, 1.807) is 13.8 Å². The molecule has 6 rings (SSSR count). The Balaban J connectivity index is 0.00000221. The first-order valence-corrected chi connectivity index (χ1v) is 19.2. The normalized spacial score (nSPS) is 46.7. The zero-order chi connectivity index (χ0) is 35.6. The minimum absolute atomic E-state index is 0.0145. The van der Waals surface area contributed by atoms with Gasteiger partial charge in [-0.25, -0.2) is 0 Å². The summed E-state index contributed by atoms with van der Waals surface area (Å²) >= 11 is 0. The van der Waals surface area contributed by atoms with E-state index in [2.05, 4.69) is 34.6 Å². The number of hydrogen-bond acceptors (Lipinski definition) is 9. The summed E-state index contributed by atoms with van der Waals surface area (Å²) in [6, 6.07) is 0. The number of hydrogen-bond donors (Lipinski definition) is 4. The number of rotatable bonds is 10. The zero-order valence-electron chi connectivity index (χ0n) is 31.5. The van der Waals surface area contributed by atoms with E-state index < -0.39 is 36.2 Å². The standard InChI is InChI=1S/C37H62O9.C2H6/c1-20-19-24(32(34(6,7)42)44-22(3)40)45-31-28(20)35(8)14-15-36-21(2)37(36)13-11-26(46-27(12-16-38)43-18-17-39)33(4,5)25(37)10-9-23(36)29(35)30(31)41;1-2/h20-21,23-32,38-39,41-42H,9-19H2,1-8H3;1-2H3/t20-,21+,23+,24-,25?,26+,27?,28?,29?,30-,31+,32+,35-,36+,37?;/m1./s1. The van der Waals surface area contributed by atoms with Crippen LogP contribution in [0.1, 0.15) is 121 Å². The third-order valence-electron chi connectivity index (χ3n) is 15.0. The van der Waals surface area contributed by atoms with Crippen LogP contribution in [0.15, 0.2) is 0 Å². The van der Waals surface area contributed by atoms with Gasteiger partial charge in [-0.1, -0.05) is 48.5 Å². The largest absolute Gasteiger partial charge is 0.457 e. The van der Waals surface area contributed by atoms with Gasteiger partial charge in [0.1, 0.15) is 0 Å². The molecule has 0 aromatic carbocycles. The number of aliphatic hydroxyl groups excluding tert-OH is 3. The molecule has 0 aromatic rings. The highest BCUT2D eigenvalue weighted by Crippen LogP contribution is 2.89. The summed E-state index contributed by atoms with van der Waals surface area (Å²) in [7, 11) is 0. The smallest absolute Gasteiger partial charge is 0.303 e. The molecule has 9 heteroatoms. The minimum atomic E-state index is -1.26. The van der Waals surface area contributed by atoms with Crippen molar-refractivity contribution < 1.29 is 44.2 Å². The number of aliphatic hydroxyl groups is 4. The van der Waals surface area contributed by atoms with Crippen molar-refractivity contribution in [3.63, 3.8) is 0 Å². The second-order valence-corrected chi connectivity index (χ2v) is 17.6. The highest BCUT2D eigenvalue weighted by molar-refractivity contribution is 5.66. The molecular formula is C39H68O9. The van der Waals surface area contributed by atoms with Gasteiger partial charge in [0, 0.05) is 20.0 Å². The molecule has 1 saturated heterocycles. The Morgan fingerprint density at radius 1 is 0.979 bits per heavy atom. The van der Waals surface area contributed by atoms with Gasteiger partial charge in [-0.3, -0.25) is 4.79 Å². The molecule has 6 aliphatic rings. The van der Waals surface area contributed by atoms with Crippen LogP contribution in [-0.4, -0.2) is 88.6 Å². The molecule has 278 valence electrons. The third-order valence-corrected chi connectivity index (χ3v) is 15.0. The summed E-state index contributed by atoms with van der Waals surface area (Å²) in [5, 5.41) is 42.3. The van der Waals surface area contributed by atoms with Crippen LogP contribution in [0.2, 0.25) is 0 Å². The number of carbonyl (C=O) groups is 1. The van der Waals surface area contributed by atoms with Crippen molar-refractivity contribution in [1.82, 2.24) is 0 Å². The van der Waals surface area contributed by atoms with Crippen LogP contribution in [0.5, 0.6) is 0 Å². The molecule has 0 radical (unpaired) electrons. The van der Waals surface area contributed by atoms with E-state index in [4.69, 9.17) is 18.9 Å². The Morgan fingerprint density at radius 3 is 2.27 bits per heavy atom. The van der Waals surface area contributed by atoms with Crippen LogP contribution in [0.3, 0.4) is 0 Å². The van der Waals surface area contributed by atoms with E-state index in [0.717, 1.165) is 32.1 Å². The number of ether oxygens (including phenoxy) is 4. The second kappa shape index (κ2) is 13.6. The maximum absolute atomic E-state index is 12.3. The Morgan fingerprint density at radius 2 is 1.67 bits per heavy atom. The number of carbonyl (C=O) groups excluding carboxylic acids is 1. The lowest BCUT2D eigenvalue weighted by molar-refractivity contribution is -0.234. The van der Waals surface area contributed by atoms with E-state index in [-0.39, 0.29) is 71.4 Å². The van der Waals surface area contributed by atoms with E-state index in [0.29, 0.717) is 30.6 Å². The van der Waals surface area contributed by atoms with Gasteiger partial charge >= 0.3 is 5.97 Å². The van der Waals surface area contributed by atoms with Crippen molar-refractivity contribution in [2.45, 2.75) is 163 Å². The lowest BCUT2D eigenvalue weighted by atomic mass is 9.45. The topological polar surface area (TPSA) is 135 Å². The fraction of sp³-hybridized carbons (Fsp3) is 0.974. The van der Waals surface area contributed by atoms with Crippen molar-refractivity contribution in [3.05, 3.63) is 0 Å².